The van der Waals surface area contributed by atoms with Crippen LogP contribution in [0.2, 0.25) is 0 Å². The molecule has 0 aromatic heterocycles. The van der Waals surface area contributed by atoms with Crippen LogP contribution < -0.4 is 10.8 Å². The average molecular weight is 426 g/mol. The Bertz CT molecular complexity index is 942. The first-order chi connectivity index (χ1) is 14.7. The highest BCUT2D eigenvalue weighted by Gasteiger charge is 2.31. The van der Waals surface area contributed by atoms with E-state index in [9.17, 15) is 14.4 Å². The van der Waals surface area contributed by atoms with Gasteiger partial charge in [0.15, 0.2) is 6.10 Å². The average Bonchev–Trinajstić information content (AvgIpc) is 3.08. The highest BCUT2D eigenvalue weighted by molar-refractivity contribution is 5.82. The topological polar surface area (TPSA) is 114 Å². The minimum absolute atomic E-state index is 0.0136. The summed E-state index contributed by atoms with van der Waals surface area (Å²) in [7, 11) is 0. The van der Waals surface area contributed by atoms with Crippen molar-refractivity contribution in [3.05, 3.63) is 59.7 Å². The van der Waals surface area contributed by atoms with E-state index in [-0.39, 0.29) is 19.1 Å². The number of rotatable bonds is 8. The molecule has 1 unspecified atom stereocenters. The first kappa shape index (κ1) is 22.3. The summed E-state index contributed by atoms with van der Waals surface area (Å²) in [6, 6.07) is 16.1. The highest BCUT2D eigenvalue weighted by Crippen LogP contribution is 2.44. The van der Waals surface area contributed by atoms with Gasteiger partial charge in [-0.3, -0.25) is 9.63 Å². The van der Waals surface area contributed by atoms with Crippen molar-refractivity contribution in [1.82, 2.24) is 10.8 Å². The molecule has 1 aliphatic carbocycles. The molecule has 0 saturated heterocycles. The van der Waals surface area contributed by atoms with Crippen LogP contribution in [0.4, 0.5) is 4.79 Å². The number of hydrogen-bond acceptors (Lipinski definition) is 5. The van der Waals surface area contributed by atoms with Crippen LogP contribution in [0.15, 0.2) is 48.5 Å². The number of carbonyl (C=O) groups excluding carboxylic acids is 2. The van der Waals surface area contributed by atoms with Crippen LogP contribution in [0.5, 0.6) is 0 Å². The lowest BCUT2D eigenvalue weighted by Crippen LogP contribution is -2.46. The first-order valence-electron chi connectivity index (χ1n) is 9.98. The lowest BCUT2D eigenvalue weighted by Gasteiger charge is -2.24. The van der Waals surface area contributed by atoms with E-state index in [2.05, 4.69) is 22.9 Å². The summed E-state index contributed by atoms with van der Waals surface area (Å²) in [6.07, 6.45) is -1.82. The van der Waals surface area contributed by atoms with Crippen molar-refractivity contribution >= 4 is 18.0 Å². The fourth-order valence-corrected chi connectivity index (χ4v) is 3.35. The molecule has 0 fully saturated rings. The number of aliphatic carboxylic acids is 1. The molecular formula is C23H26N2O6. The van der Waals surface area contributed by atoms with Gasteiger partial charge in [0.05, 0.1) is 5.41 Å². The molecule has 1 atom stereocenters. The molecule has 0 spiro atoms. The Hall–Kier alpha value is -3.39. The fraction of sp³-hybridized carbons (Fsp3) is 0.348. The smallest absolute Gasteiger partial charge is 0.407 e. The molecule has 31 heavy (non-hydrogen) atoms. The van der Waals surface area contributed by atoms with E-state index >= 15 is 0 Å². The van der Waals surface area contributed by atoms with Gasteiger partial charge in [-0.1, -0.05) is 48.5 Å². The number of fused-ring (bicyclic) bond motifs is 3. The van der Waals surface area contributed by atoms with Crippen molar-refractivity contribution in [2.24, 2.45) is 5.41 Å². The largest absolute Gasteiger partial charge is 0.479 e. The Morgan fingerprint density at radius 2 is 1.58 bits per heavy atom. The summed E-state index contributed by atoms with van der Waals surface area (Å²) in [4.78, 5) is 40.1. The monoisotopic (exact) mass is 426 g/mol. The predicted octanol–water partition coefficient (Wildman–Crippen LogP) is 3.07. The van der Waals surface area contributed by atoms with E-state index in [0.717, 1.165) is 22.3 Å². The number of carboxylic acids is 1. The maximum atomic E-state index is 12.3. The summed E-state index contributed by atoms with van der Waals surface area (Å²) in [5.41, 5.74) is 5.58. The van der Waals surface area contributed by atoms with Crippen LogP contribution in [-0.2, 0) is 19.2 Å². The van der Waals surface area contributed by atoms with Crippen LogP contribution >= 0.6 is 0 Å². The standard InChI is InChI=1S/C23H26N2O6/c1-14(20(26)27)31-25-21(28)23(2,3)13-24-22(29)30-12-19-17-10-6-4-8-15(17)16-9-5-7-11-18(16)19/h4-11,14,19H,12-13H2,1-3H3,(H,24,29)(H,25,28)(H,26,27). The molecule has 8 heteroatoms. The van der Waals surface area contributed by atoms with Crippen molar-refractivity contribution in [3.63, 3.8) is 0 Å². The van der Waals surface area contributed by atoms with E-state index in [0.29, 0.717) is 0 Å². The van der Waals surface area contributed by atoms with Gasteiger partial charge in [0.1, 0.15) is 6.61 Å². The van der Waals surface area contributed by atoms with Crippen LogP contribution in [0.1, 0.15) is 37.8 Å². The van der Waals surface area contributed by atoms with E-state index in [4.69, 9.17) is 14.7 Å². The molecule has 3 N–H and O–H groups in total. The van der Waals surface area contributed by atoms with Gasteiger partial charge in [-0.25, -0.2) is 15.1 Å². The molecule has 0 aliphatic heterocycles. The van der Waals surface area contributed by atoms with Crippen LogP contribution in [0.25, 0.3) is 11.1 Å². The van der Waals surface area contributed by atoms with Crippen molar-refractivity contribution in [2.45, 2.75) is 32.8 Å². The number of carbonyl (C=O) groups is 3. The van der Waals surface area contributed by atoms with Crippen LogP contribution in [-0.4, -0.2) is 42.3 Å². The molecule has 3 rings (SSSR count). The van der Waals surface area contributed by atoms with Gasteiger partial charge >= 0.3 is 12.1 Å². The fourth-order valence-electron chi connectivity index (χ4n) is 3.35. The van der Waals surface area contributed by atoms with E-state index in [1.165, 1.54) is 6.92 Å². The second-order valence-electron chi connectivity index (χ2n) is 8.09. The molecule has 2 amide bonds. The van der Waals surface area contributed by atoms with Gasteiger partial charge < -0.3 is 15.2 Å². The Labute approximate surface area is 180 Å². The third-order valence-corrected chi connectivity index (χ3v) is 5.31. The van der Waals surface area contributed by atoms with E-state index < -0.39 is 29.5 Å². The Balaban J connectivity index is 1.54. The summed E-state index contributed by atoms with van der Waals surface area (Å²) in [5.74, 6) is -1.81. The SMILES string of the molecule is CC(ONC(=O)C(C)(C)CNC(=O)OCC1c2ccccc2-c2ccccc21)C(=O)O. The Morgan fingerprint density at radius 1 is 1.03 bits per heavy atom. The zero-order valence-corrected chi connectivity index (χ0v) is 17.7. The van der Waals surface area contributed by atoms with E-state index in [1.807, 2.05) is 36.4 Å². The lowest BCUT2D eigenvalue weighted by molar-refractivity contribution is -0.161. The van der Waals surface area contributed by atoms with Gasteiger partial charge in [-0.2, -0.15) is 0 Å². The third kappa shape index (κ3) is 5.03. The second-order valence-corrected chi connectivity index (χ2v) is 8.09. The van der Waals surface area contributed by atoms with Crippen molar-refractivity contribution < 1.29 is 29.1 Å². The van der Waals surface area contributed by atoms with Gasteiger partial charge in [-0.05, 0) is 43.0 Å². The minimum atomic E-state index is -1.20. The zero-order chi connectivity index (χ0) is 22.6. The van der Waals surface area contributed by atoms with Gasteiger partial charge in [0.25, 0.3) is 5.91 Å². The Morgan fingerprint density at radius 3 is 2.13 bits per heavy atom. The molecule has 0 saturated carbocycles. The van der Waals surface area contributed by atoms with Crippen molar-refractivity contribution in [2.75, 3.05) is 13.2 Å². The number of ether oxygens (including phenoxy) is 1. The van der Waals surface area contributed by atoms with Crippen molar-refractivity contribution in [1.29, 1.82) is 0 Å². The normalized spacial score (nSPS) is 13.6. The molecule has 0 radical (unpaired) electrons. The van der Waals surface area contributed by atoms with Crippen molar-refractivity contribution in [3.8, 4) is 11.1 Å². The summed E-state index contributed by atoms with van der Waals surface area (Å²) < 4.78 is 5.45. The molecule has 2 aromatic carbocycles. The molecule has 8 nitrogen and oxygen atoms in total. The molecule has 0 bridgehead atoms. The molecule has 2 aromatic rings. The Kier molecular flexibility index (Phi) is 6.60. The number of alkyl carbamates (subject to hydrolysis) is 1. The minimum Gasteiger partial charge on any atom is -0.479 e. The van der Waals surface area contributed by atoms with Gasteiger partial charge in [0, 0.05) is 12.5 Å². The summed E-state index contributed by atoms with van der Waals surface area (Å²) >= 11 is 0. The number of amides is 2. The predicted molar refractivity (Wildman–Crippen MR) is 113 cm³/mol. The molecule has 164 valence electrons. The van der Waals surface area contributed by atoms with Crippen LogP contribution in [0, 0.1) is 5.41 Å². The maximum absolute atomic E-state index is 12.3. The number of carboxylic acid groups (broad SMARTS) is 1. The number of hydrogen-bond donors (Lipinski definition) is 3. The number of benzene rings is 2. The molecule has 0 heterocycles. The molecular weight excluding hydrogens is 400 g/mol. The third-order valence-electron chi connectivity index (χ3n) is 5.31. The number of nitrogens with one attached hydrogen (secondary N) is 2. The first-order valence-corrected chi connectivity index (χ1v) is 9.98. The quantitative estimate of drug-likeness (QED) is 0.559. The zero-order valence-electron chi connectivity index (χ0n) is 17.7. The highest BCUT2D eigenvalue weighted by atomic mass is 16.7. The second kappa shape index (κ2) is 9.18. The lowest BCUT2D eigenvalue weighted by atomic mass is 9.93. The molecule has 1 aliphatic rings. The maximum Gasteiger partial charge on any atom is 0.407 e. The van der Waals surface area contributed by atoms with Gasteiger partial charge in [-0.15, -0.1) is 0 Å². The van der Waals surface area contributed by atoms with E-state index in [1.54, 1.807) is 13.8 Å². The van der Waals surface area contributed by atoms with Gasteiger partial charge in [0.2, 0.25) is 0 Å². The number of hydroxylamine groups is 1. The summed E-state index contributed by atoms with van der Waals surface area (Å²) in [6.45, 7) is 4.65. The summed E-state index contributed by atoms with van der Waals surface area (Å²) in [5, 5.41) is 11.4. The van der Waals surface area contributed by atoms with Crippen LogP contribution in [0.3, 0.4) is 0 Å².